The van der Waals surface area contributed by atoms with Crippen molar-refractivity contribution in [1.82, 2.24) is 19.8 Å². The minimum absolute atomic E-state index is 0.0893. The highest BCUT2D eigenvalue weighted by Gasteiger charge is 2.11. The number of imidazole rings is 1. The topological polar surface area (TPSA) is 59.4 Å². The summed E-state index contributed by atoms with van der Waals surface area (Å²) in [7, 11) is 5.74. The van der Waals surface area contributed by atoms with E-state index in [0.717, 1.165) is 35.7 Å². The van der Waals surface area contributed by atoms with Crippen LogP contribution in [0, 0.1) is 0 Å². The molecule has 1 aromatic heterocycles. The second kappa shape index (κ2) is 8.68. The van der Waals surface area contributed by atoms with E-state index in [4.69, 9.17) is 9.72 Å². The zero-order valence-corrected chi connectivity index (χ0v) is 16.1. The first-order valence-corrected chi connectivity index (χ1v) is 9.09. The molecule has 142 valence electrons. The molecule has 0 fully saturated rings. The van der Waals surface area contributed by atoms with Gasteiger partial charge < -0.3 is 19.5 Å². The van der Waals surface area contributed by atoms with E-state index in [-0.39, 0.29) is 5.91 Å². The van der Waals surface area contributed by atoms with E-state index < -0.39 is 0 Å². The molecule has 0 aliphatic heterocycles. The van der Waals surface area contributed by atoms with Crippen molar-refractivity contribution in [3.8, 4) is 5.75 Å². The Bertz CT molecular complexity index is 900. The summed E-state index contributed by atoms with van der Waals surface area (Å²) >= 11 is 0. The number of benzene rings is 2. The lowest BCUT2D eigenvalue weighted by atomic mass is 10.2. The number of methoxy groups -OCH3 is 1. The van der Waals surface area contributed by atoms with Gasteiger partial charge in [-0.15, -0.1) is 0 Å². The second-order valence-corrected chi connectivity index (χ2v) is 6.71. The highest BCUT2D eigenvalue weighted by molar-refractivity contribution is 5.94. The SMILES string of the molecule is COc1ccc(C(=O)NCCc2nc3ccccc3n2CCN(C)C)cc1. The quantitative estimate of drug-likeness (QED) is 0.666. The van der Waals surface area contributed by atoms with Gasteiger partial charge in [0.15, 0.2) is 0 Å². The molecule has 3 aromatic rings. The summed E-state index contributed by atoms with van der Waals surface area (Å²) in [6.45, 7) is 2.34. The number of carbonyl (C=O) groups is 1. The first kappa shape index (κ1) is 18.9. The molecule has 1 heterocycles. The number of hydrogen-bond donors (Lipinski definition) is 1. The number of hydrogen-bond acceptors (Lipinski definition) is 4. The highest BCUT2D eigenvalue weighted by Crippen LogP contribution is 2.16. The fourth-order valence-corrected chi connectivity index (χ4v) is 3.00. The third-order valence-corrected chi connectivity index (χ3v) is 4.49. The number of nitrogens with one attached hydrogen (secondary N) is 1. The third-order valence-electron chi connectivity index (χ3n) is 4.49. The average Bonchev–Trinajstić information content (AvgIpc) is 3.03. The van der Waals surface area contributed by atoms with Crippen molar-refractivity contribution in [3.63, 3.8) is 0 Å². The Balaban J connectivity index is 1.66. The van der Waals surface area contributed by atoms with Crippen molar-refractivity contribution in [2.24, 2.45) is 0 Å². The Hall–Kier alpha value is -2.86. The predicted octanol–water partition coefficient (Wildman–Crippen LogP) is 2.58. The van der Waals surface area contributed by atoms with Crippen LogP contribution >= 0.6 is 0 Å². The summed E-state index contributed by atoms with van der Waals surface area (Å²) in [6, 6.07) is 15.3. The Labute approximate surface area is 159 Å². The first-order valence-electron chi connectivity index (χ1n) is 9.09. The summed E-state index contributed by atoms with van der Waals surface area (Å²) in [4.78, 5) is 19.2. The van der Waals surface area contributed by atoms with Gasteiger partial charge in [0.2, 0.25) is 0 Å². The number of ether oxygens (including phenoxy) is 1. The van der Waals surface area contributed by atoms with E-state index in [0.29, 0.717) is 18.5 Å². The van der Waals surface area contributed by atoms with E-state index in [2.05, 4.69) is 34.9 Å². The van der Waals surface area contributed by atoms with Crippen molar-refractivity contribution in [3.05, 3.63) is 59.9 Å². The normalized spacial score (nSPS) is 11.1. The zero-order chi connectivity index (χ0) is 19.2. The van der Waals surface area contributed by atoms with E-state index >= 15 is 0 Å². The number of likely N-dealkylation sites (N-methyl/N-ethyl adjacent to an activating group) is 1. The molecule has 0 atom stereocenters. The number of para-hydroxylation sites is 2. The molecule has 6 nitrogen and oxygen atoms in total. The Kier molecular flexibility index (Phi) is 6.08. The number of amides is 1. The standard InChI is InChI=1S/C21H26N4O2/c1-24(2)14-15-25-19-7-5-4-6-18(19)23-20(25)12-13-22-21(26)16-8-10-17(27-3)11-9-16/h4-11H,12-15H2,1-3H3,(H,22,26). The van der Waals surface area contributed by atoms with Crippen LogP contribution in [0.4, 0.5) is 0 Å². The van der Waals surface area contributed by atoms with Gasteiger partial charge in [0.1, 0.15) is 11.6 Å². The summed E-state index contributed by atoms with van der Waals surface area (Å²) < 4.78 is 7.37. The molecule has 0 unspecified atom stereocenters. The van der Waals surface area contributed by atoms with Gasteiger partial charge in [0.25, 0.3) is 5.91 Å². The molecule has 0 aliphatic carbocycles. The van der Waals surface area contributed by atoms with Gasteiger partial charge in [-0.1, -0.05) is 12.1 Å². The maximum absolute atomic E-state index is 12.3. The molecule has 27 heavy (non-hydrogen) atoms. The van der Waals surface area contributed by atoms with Crippen LogP contribution in [-0.2, 0) is 13.0 Å². The average molecular weight is 366 g/mol. The van der Waals surface area contributed by atoms with Crippen LogP contribution in [0.15, 0.2) is 48.5 Å². The molecule has 6 heteroatoms. The summed E-state index contributed by atoms with van der Waals surface area (Å²) in [5, 5.41) is 2.98. The molecule has 3 rings (SSSR count). The van der Waals surface area contributed by atoms with Crippen LogP contribution in [0.5, 0.6) is 5.75 Å². The maximum atomic E-state index is 12.3. The van der Waals surface area contributed by atoms with Crippen molar-refractivity contribution >= 4 is 16.9 Å². The Morgan fingerprint density at radius 1 is 1.15 bits per heavy atom. The fraction of sp³-hybridized carbons (Fsp3) is 0.333. The van der Waals surface area contributed by atoms with E-state index in [9.17, 15) is 4.79 Å². The minimum atomic E-state index is -0.0893. The van der Waals surface area contributed by atoms with E-state index in [1.54, 1.807) is 31.4 Å². The van der Waals surface area contributed by atoms with Crippen LogP contribution in [0.3, 0.4) is 0 Å². The van der Waals surface area contributed by atoms with Gasteiger partial charge in [-0.3, -0.25) is 4.79 Å². The molecule has 0 aliphatic rings. The predicted molar refractivity (Wildman–Crippen MR) is 107 cm³/mol. The highest BCUT2D eigenvalue weighted by atomic mass is 16.5. The van der Waals surface area contributed by atoms with E-state index in [1.807, 2.05) is 18.2 Å². The summed E-state index contributed by atoms with van der Waals surface area (Å²) in [5.74, 6) is 1.64. The van der Waals surface area contributed by atoms with Crippen LogP contribution in [0.1, 0.15) is 16.2 Å². The van der Waals surface area contributed by atoms with Gasteiger partial charge >= 0.3 is 0 Å². The van der Waals surface area contributed by atoms with Gasteiger partial charge in [0, 0.05) is 31.6 Å². The maximum Gasteiger partial charge on any atom is 0.251 e. The van der Waals surface area contributed by atoms with Crippen LogP contribution in [0.2, 0.25) is 0 Å². The second-order valence-electron chi connectivity index (χ2n) is 6.71. The molecule has 2 aromatic carbocycles. The molecule has 0 radical (unpaired) electrons. The van der Waals surface area contributed by atoms with Crippen LogP contribution in [-0.4, -0.2) is 54.7 Å². The van der Waals surface area contributed by atoms with Gasteiger partial charge in [0.05, 0.1) is 18.1 Å². The largest absolute Gasteiger partial charge is 0.497 e. The third kappa shape index (κ3) is 4.65. The number of aromatic nitrogens is 2. The lowest BCUT2D eigenvalue weighted by Crippen LogP contribution is -2.27. The molecule has 1 amide bonds. The van der Waals surface area contributed by atoms with Crippen LogP contribution < -0.4 is 10.1 Å². The van der Waals surface area contributed by atoms with Crippen LogP contribution in [0.25, 0.3) is 11.0 Å². The minimum Gasteiger partial charge on any atom is -0.497 e. The van der Waals surface area contributed by atoms with Crippen molar-refractivity contribution in [2.75, 3.05) is 34.3 Å². The number of carbonyl (C=O) groups excluding carboxylic acids is 1. The molecular formula is C21H26N4O2. The van der Waals surface area contributed by atoms with Gasteiger partial charge in [-0.05, 0) is 50.5 Å². The smallest absolute Gasteiger partial charge is 0.251 e. The van der Waals surface area contributed by atoms with Gasteiger partial charge in [-0.25, -0.2) is 4.98 Å². The Morgan fingerprint density at radius 2 is 1.89 bits per heavy atom. The molecular weight excluding hydrogens is 340 g/mol. The lowest BCUT2D eigenvalue weighted by molar-refractivity contribution is 0.0954. The van der Waals surface area contributed by atoms with Crippen molar-refractivity contribution < 1.29 is 9.53 Å². The lowest BCUT2D eigenvalue weighted by Gasteiger charge is -2.13. The number of nitrogens with zero attached hydrogens (tertiary/aromatic N) is 3. The zero-order valence-electron chi connectivity index (χ0n) is 16.1. The molecule has 1 N–H and O–H groups in total. The number of rotatable bonds is 8. The monoisotopic (exact) mass is 366 g/mol. The van der Waals surface area contributed by atoms with Crippen molar-refractivity contribution in [2.45, 2.75) is 13.0 Å². The molecule has 0 bridgehead atoms. The van der Waals surface area contributed by atoms with Gasteiger partial charge in [-0.2, -0.15) is 0 Å². The molecule has 0 saturated heterocycles. The van der Waals surface area contributed by atoms with Crippen molar-refractivity contribution in [1.29, 1.82) is 0 Å². The summed E-state index contributed by atoms with van der Waals surface area (Å²) in [5.41, 5.74) is 2.75. The Morgan fingerprint density at radius 3 is 2.59 bits per heavy atom. The first-order chi connectivity index (χ1) is 13.1. The van der Waals surface area contributed by atoms with E-state index in [1.165, 1.54) is 0 Å². The number of fused-ring (bicyclic) bond motifs is 1. The summed E-state index contributed by atoms with van der Waals surface area (Å²) in [6.07, 6.45) is 0.685. The fourth-order valence-electron chi connectivity index (χ4n) is 3.00. The molecule has 0 saturated carbocycles. The molecule has 0 spiro atoms.